The molecule has 2 aromatic rings. The lowest BCUT2D eigenvalue weighted by Gasteiger charge is -2.03. The lowest BCUT2D eigenvalue weighted by molar-refractivity contribution is -0.481. The van der Waals surface area contributed by atoms with Gasteiger partial charge >= 0.3 is 5.91 Å². The monoisotopic (exact) mass is 265 g/mol. The molecule has 2 rings (SSSR count). The molecule has 6 heteroatoms. The SMILES string of the molecule is CC(=O)[NH2+]c1ccccc1-c1ncc[nH]c1=O.[Cl-]. The zero-order valence-corrected chi connectivity index (χ0v) is 10.4. The van der Waals surface area contributed by atoms with Crippen LogP contribution < -0.4 is 23.3 Å². The highest BCUT2D eigenvalue weighted by Crippen LogP contribution is 2.18. The summed E-state index contributed by atoms with van der Waals surface area (Å²) in [7, 11) is 0. The Kier molecular flexibility index (Phi) is 4.76. The quantitative estimate of drug-likeness (QED) is 0.575. The smallest absolute Gasteiger partial charge is 0.312 e. The van der Waals surface area contributed by atoms with Crippen molar-refractivity contribution < 1.29 is 22.5 Å². The normalized spacial score (nSPS) is 9.61. The number of nitrogens with one attached hydrogen (secondary N) is 1. The molecule has 18 heavy (non-hydrogen) atoms. The molecule has 0 atom stereocenters. The van der Waals surface area contributed by atoms with E-state index < -0.39 is 0 Å². The number of H-pyrrole nitrogens is 1. The van der Waals surface area contributed by atoms with Crippen LogP contribution >= 0.6 is 0 Å². The van der Waals surface area contributed by atoms with E-state index in [4.69, 9.17) is 0 Å². The van der Waals surface area contributed by atoms with Gasteiger partial charge in [0.25, 0.3) is 5.56 Å². The van der Waals surface area contributed by atoms with Gasteiger partial charge in [-0.25, -0.2) is 9.78 Å². The first-order valence-electron chi connectivity index (χ1n) is 5.17. The molecule has 1 aromatic carbocycles. The van der Waals surface area contributed by atoms with Gasteiger partial charge in [-0.3, -0.25) is 10.1 Å². The number of primary amides is 1. The number of quaternary nitrogens is 1. The predicted octanol–water partition coefficient (Wildman–Crippen LogP) is -2.82. The van der Waals surface area contributed by atoms with Gasteiger partial charge in [0.05, 0.1) is 12.5 Å². The largest absolute Gasteiger partial charge is 1.00 e. The number of nitrogens with zero attached hydrogens (tertiary/aromatic N) is 1. The first kappa shape index (κ1) is 14.1. The van der Waals surface area contributed by atoms with Crippen molar-refractivity contribution in [3.05, 3.63) is 47.0 Å². The van der Waals surface area contributed by atoms with E-state index in [-0.39, 0.29) is 23.9 Å². The number of aromatic nitrogens is 2. The summed E-state index contributed by atoms with van der Waals surface area (Å²) in [5, 5.41) is 1.49. The van der Waals surface area contributed by atoms with E-state index in [1.165, 1.54) is 24.6 Å². The number of nitrogens with two attached hydrogens (primary N) is 1. The molecule has 0 bridgehead atoms. The maximum absolute atomic E-state index is 11.6. The highest BCUT2D eigenvalue weighted by molar-refractivity contribution is 5.73. The summed E-state index contributed by atoms with van der Waals surface area (Å²) in [6.45, 7) is 1.47. The molecule has 3 N–H and O–H groups in total. The first-order chi connectivity index (χ1) is 8.18. The van der Waals surface area contributed by atoms with Gasteiger partial charge in [0.15, 0.2) is 0 Å². The third-order valence-electron chi connectivity index (χ3n) is 2.28. The van der Waals surface area contributed by atoms with Crippen LogP contribution in [0, 0.1) is 0 Å². The molecule has 0 saturated carbocycles. The van der Waals surface area contributed by atoms with E-state index in [1.807, 2.05) is 6.07 Å². The molecule has 1 amide bonds. The summed E-state index contributed by atoms with van der Waals surface area (Å²) in [5.41, 5.74) is 1.41. The Hall–Kier alpha value is -1.98. The molecule has 94 valence electrons. The molecule has 0 radical (unpaired) electrons. The molecule has 1 aromatic heterocycles. The van der Waals surface area contributed by atoms with Crippen molar-refractivity contribution in [3.63, 3.8) is 0 Å². The van der Waals surface area contributed by atoms with Gasteiger partial charge in [-0.2, -0.15) is 0 Å². The fourth-order valence-corrected chi connectivity index (χ4v) is 1.60. The summed E-state index contributed by atoms with van der Waals surface area (Å²) < 4.78 is 0. The number of carbonyl (C=O) groups is 1. The number of para-hydroxylation sites is 1. The van der Waals surface area contributed by atoms with Crippen LogP contribution in [0.25, 0.3) is 11.3 Å². The molecule has 0 aliphatic heterocycles. The number of aromatic amines is 1. The standard InChI is InChI=1S/C12H11N3O2.ClH/c1-8(16)15-10-5-3-2-4-9(10)11-12(17)14-7-6-13-11;/h2-7H,1H3,(H,14,17)(H,15,16);1H. The fourth-order valence-electron chi connectivity index (χ4n) is 1.60. The molecule has 0 spiro atoms. The average molecular weight is 266 g/mol. The molecule has 0 aliphatic rings. The van der Waals surface area contributed by atoms with Crippen molar-refractivity contribution in [2.75, 3.05) is 0 Å². The molecular formula is C12H12ClN3O2. The summed E-state index contributed by atoms with van der Waals surface area (Å²) in [6, 6.07) is 7.17. The lowest BCUT2D eigenvalue weighted by Crippen LogP contribution is -3.00. The maximum atomic E-state index is 11.6. The second kappa shape index (κ2) is 6.09. The second-order valence-corrected chi connectivity index (χ2v) is 3.61. The van der Waals surface area contributed by atoms with E-state index in [9.17, 15) is 9.59 Å². The number of amides is 1. The van der Waals surface area contributed by atoms with E-state index >= 15 is 0 Å². The number of benzene rings is 1. The van der Waals surface area contributed by atoms with Gasteiger partial charge in [0, 0.05) is 18.5 Å². The van der Waals surface area contributed by atoms with Crippen LogP contribution in [-0.4, -0.2) is 15.9 Å². The average Bonchev–Trinajstić information content (AvgIpc) is 2.30. The third-order valence-corrected chi connectivity index (χ3v) is 2.28. The maximum Gasteiger partial charge on any atom is 0.312 e. The molecule has 0 aliphatic carbocycles. The Morgan fingerprint density at radius 3 is 2.72 bits per heavy atom. The van der Waals surface area contributed by atoms with Crippen LogP contribution in [0.3, 0.4) is 0 Å². The van der Waals surface area contributed by atoms with Crippen LogP contribution in [0.1, 0.15) is 6.92 Å². The first-order valence-corrected chi connectivity index (χ1v) is 5.17. The van der Waals surface area contributed by atoms with E-state index in [1.54, 1.807) is 18.2 Å². The molecule has 5 nitrogen and oxygen atoms in total. The van der Waals surface area contributed by atoms with Crippen molar-refractivity contribution in [1.29, 1.82) is 0 Å². The van der Waals surface area contributed by atoms with Crippen molar-refractivity contribution in [1.82, 2.24) is 9.97 Å². The summed E-state index contributed by atoms with van der Waals surface area (Å²) in [5.74, 6) is -0.0650. The Morgan fingerprint density at radius 1 is 1.33 bits per heavy atom. The Morgan fingerprint density at radius 2 is 2.06 bits per heavy atom. The van der Waals surface area contributed by atoms with Crippen LogP contribution in [0.5, 0.6) is 0 Å². The number of carbonyl (C=O) groups excluding carboxylic acids is 1. The van der Waals surface area contributed by atoms with Crippen LogP contribution in [0.15, 0.2) is 41.5 Å². The number of rotatable bonds is 2. The minimum atomic E-state index is -0.267. The second-order valence-electron chi connectivity index (χ2n) is 3.61. The lowest BCUT2D eigenvalue weighted by atomic mass is 10.1. The van der Waals surface area contributed by atoms with E-state index in [2.05, 4.69) is 9.97 Å². The van der Waals surface area contributed by atoms with Gasteiger partial charge in [-0.15, -0.1) is 0 Å². The van der Waals surface area contributed by atoms with Crippen LogP contribution in [0.4, 0.5) is 5.69 Å². The highest BCUT2D eigenvalue weighted by Gasteiger charge is 2.13. The zero-order valence-electron chi connectivity index (χ0n) is 9.68. The molecular weight excluding hydrogens is 254 g/mol. The third kappa shape index (κ3) is 3.03. The van der Waals surface area contributed by atoms with Crippen molar-refractivity contribution in [3.8, 4) is 11.3 Å². The summed E-state index contributed by atoms with van der Waals surface area (Å²) in [4.78, 5) is 29.4. The van der Waals surface area contributed by atoms with Gasteiger partial charge < -0.3 is 17.4 Å². The van der Waals surface area contributed by atoms with Gasteiger partial charge in [-0.05, 0) is 6.07 Å². The minimum Gasteiger partial charge on any atom is -1.00 e. The highest BCUT2D eigenvalue weighted by atomic mass is 35.5. The zero-order chi connectivity index (χ0) is 12.3. The van der Waals surface area contributed by atoms with Crippen LogP contribution in [-0.2, 0) is 4.79 Å². The Labute approximate surface area is 110 Å². The van der Waals surface area contributed by atoms with Crippen molar-refractivity contribution in [2.45, 2.75) is 6.92 Å². The number of halogens is 1. The summed E-state index contributed by atoms with van der Waals surface area (Å²) >= 11 is 0. The number of hydrogen-bond donors (Lipinski definition) is 2. The van der Waals surface area contributed by atoms with Crippen LogP contribution in [0.2, 0.25) is 0 Å². The topological polar surface area (TPSA) is 79.4 Å². The molecule has 0 saturated heterocycles. The molecule has 0 unspecified atom stereocenters. The Balaban J connectivity index is 0.00000162. The molecule has 1 heterocycles. The van der Waals surface area contributed by atoms with E-state index in [0.717, 1.165) is 0 Å². The van der Waals surface area contributed by atoms with Crippen molar-refractivity contribution in [2.24, 2.45) is 0 Å². The number of hydrogen-bond acceptors (Lipinski definition) is 3. The Bertz CT molecular complexity index is 610. The van der Waals surface area contributed by atoms with Crippen molar-refractivity contribution >= 4 is 11.6 Å². The summed E-state index contributed by atoms with van der Waals surface area (Å²) in [6.07, 6.45) is 2.99. The van der Waals surface area contributed by atoms with Gasteiger partial charge in [0.1, 0.15) is 11.4 Å². The van der Waals surface area contributed by atoms with Gasteiger partial charge in [-0.1, -0.05) is 12.1 Å². The van der Waals surface area contributed by atoms with Gasteiger partial charge in [0.2, 0.25) is 0 Å². The minimum absolute atomic E-state index is 0. The molecule has 0 fully saturated rings. The fraction of sp³-hybridized carbons (Fsp3) is 0.0833. The van der Waals surface area contributed by atoms with E-state index in [0.29, 0.717) is 16.9 Å². The predicted molar refractivity (Wildman–Crippen MR) is 62.6 cm³/mol.